The van der Waals surface area contributed by atoms with E-state index in [2.05, 4.69) is 29.7 Å². The monoisotopic (exact) mass is 552 g/mol. The fourth-order valence-corrected chi connectivity index (χ4v) is 5.90. The van der Waals surface area contributed by atoms with Crippen molar-refractivity contribution >= 4 is 17.4 Å². The summed E-state index contributed by atoms with van der Waals surface area (Å²) in [5, 5.41) is 6.49. The molecule has 0 aromatic heterocycles. The van der Waals surface area contributed by atoms with Gasteiger partial charge in [-0.2, -0.15) is 0 Å². The summed E-state index contributed by atoms with van der Waals surface area (Å²) < 4.78 is 16.4. The highest BCUT2D eigenvalue weighted by Gasteiger charge is 2.41. The van der Waals surface area contributed by atoms with Crippen molar-refractivity contribution in [2.75, 3.05) is 26.6 Å². The summed E-state index contributed by atoms with van der Waals surface area (Å²) in [6, 6.07) is 21.3. The first-order valence-corrected chi connectivity index (χ1v) is 13.9. The second-order valence-electron chi connectivity index (χ2n) is 10.4. The third kappa shape index (κ3) is 5.44. The van der Waals surface area contributed by atoms with E-state index in [0.717, 1.165) is 28.9 Å². The number of para-hydroxylation sites is 2. The van der Waals surface area contributed by atoms with Crippen LogP contribution in [0.1, 0.15) is 55.2 Å². The highest BCUT2D eigenvalue weighted by atomic mass is 16.5. The molecule has 1 heterocycles. The van der Waals surface area contributed by atoms with E-state index in [4.69, 9.17) is 14.2 Å². The Morgan fingerprint density at radius 2 is 1.56 bits per heavy atom. The Labute approximate surface area is 241 Å². The zero-order valence-electron chi connectivity index (χ0n) is 24.2. The summed E-state index contributed by atoms with van der Waals surface area (Å²) in [4.78, 5) is 27.9. The predicted molar refractivity (Wildman–Crippen MR) is 160 cm³/mol. The molecule has 41 heavy (non-hydrogen) atoms. The highest BCUT2D eigenvalue weighted by molar-refractivity contribution is 6.10. The van der Waals surface area contributed by atoms with Gasteiger partial charge in [0.2, 0.25) is 0 Å². The van der Waals surface area contributed by atoms with E-state index in [1.165, 1.54) is 5.56 Å². The number of carbonyl (C=O) groups excluding carboxylic acids is 2. The third-order valence-corrected chi connectivity index (χ3v) is 8.03. The molecule has 0 bridgehead atoms. The number of dihydropyridines is 1. The maximum absolute atomic E-state index is 14.0. The molecule has 2 atom stereocenters. The molecule has 7 heteroatoms. The molecule has 3 aromatic rings. The number of ketones is 1. The SMILES string of the molecule is CCc1ccc(C2C(C(=O)Nc3ccccc3OC)=C(C)NC3=C2C(=O)CC(c2ccc(OC)c(OC)c2)C3)cc1. The number of hydrogen-bond donors (Lipinski definition) is 2. The average molecular weight is 553 g/mol. The molecule has 2 N–H and O–H groups in total. The molecule has 3 aromatic carbocycles. The Balaban J connectivity index is 1.55. The van der Waals surface area contributed by atoms with Gasteiger partial charge in [0.1, 0.15) is 5.75 Å². The summed E-state index contributed by atoms with van der Waals surface area (Å²) in [5.41, 5.74) is 6.45. The molecule has 1 amide bonds. The van der Waals surface area contributed by atoms with E-state index in [-0.39, 0.29) is 17.6 Å². The van der Waals surface area contributed by atoms with Crippen molar-refractivity contribution in [3.63, 3.8) is 0 Å². The number of nitrogens with one attached hydrogen (secondary N) is 2. The fourth-order valence-electron chi connectivity index (χ4n) is 5.90. The quantitative estimate of drug-likeness (QED) is 0.342. The molecule has 0 radical (unpaired) electrons. The van der Waals surface area contributed by atoms with Crippen molar-refractivity contribution < 1.29 is 23.8 Å². The lowest BCUT2D eigenvalue weighted by molar-refractivity contribution is -0.116. The van der Waals surface area contributed by atoms with Crippen molar-refractivity contribution in [2.45, 2.75) is 44.9 Å². The van der Waals surface area contributed by atoms with E-state index < -0.39 is 5.92 Å². The molecular weight excluding hydrogens is 516 g/mol. The molecule has 212 valence electrons. The van der Waals surface area contributed by atoms with Crippen LogP contribution >= 0.6 is 0 Å². The zero-order valence-corrected chi connectivity index (χ0v) is 24.2. The van der Waals surface area contributed by atoms with Crippen LogP contribution in [0.25, 0.3) is 0 Å². The van der Waals surface area contributed by atoms with E-state index in [9.17, 15) is 9.59 Å². The Hall–Kier alpha value is -4.52. The molecule has 0 fully saturated rings. The van der Waals surface area contributed by atoms with Crippen molar-refractivity contribution in [3.05, 3.63) is 106 Å². The Morgan fingerprint density at radius 3 is 2.24 bits per heavy atom. The summed E-state index contributed by atoms with van der Waals surface area (Å²) >= 11 is 0. The zero-order chi connectivity index (χ0) is 29.1. The van der Waals surface area contributed by atoms with Crippen LogP contribution < -0.4 is 24.8 Å². The minimum atomic E-state index is -0.495. The Kier molecular flexibility index (Phi) is 8.15. The van der Waals surface area contributed by atoms with Crippen LogP contribution in [0.5, 0.6) is 17.2 Å². The number of amides is 1. The van der Waals surface area contributed by atoms with Crippen LogP contribution in [-0.2, 0) is 16.0 Å². The molecule has 1 aliphatic carbocycles. The largest absolute Gasteiger partial charge is 0.495 e. The topological polar surface area (TPSA) is 85.9 Å². The van der Waals surface area contributed by atoms with Gasteiger partial charge in [-0.1, -0.05) is 49.4 Å². The number of Topliss-reactive ketones (excluding diaryl/α,β-unsaturated/α-hetero) is 1. The number of ether oxygens (including phenoxy) is 3. The Morgan fingerprint density at radius 1 is 0.878 bits per heavy atom. The van der Waals surface area contributed by atoms with Gasteiger partial charge < -0.3 is 24.8 Å². The molecule has 2 aliphatic rings. The van der Waals surface area contributed by atoms with Gasteiger partial charge in [-0.05, 0) is 66.6 Å². The molecule has 1 aliphatic heterocycles. The minimum absolute atomic E-state index is 0.0261. The summed E-state index contributed by atoms with van der Waals surface area (Å²) in [6.45, 7) is 4.01. The molecule has 0 saturated heterocycles. The smallest absolute Gasteiger partial charge is 0.254 e. The van der Waals surface area contributed by atoms with E-state index in [1.807, 2.05) is 49.4 Å². The number of allylic oxidation sites excluding steroid dienone is 3. The van der Waals surface area contributed by atoms with Crippen LogP contribution in [0.2, 0.25) is 0 Å². The average Bonchev–Trinajstić information content (AvgIpc) is 3.00. The van der Waals surface area contributed by atoms with Crippen LogP contribution in [0, 0.1) is 0 Å². The molecule has 0 spiro atoms. The molecule has 2 unspecified atom stereocenters. The van der Waals surface area contributed by atoms with Gasteiger partial charge in [-0.25, -0.2) is 0 Å². The van der Waals surface area contributed by atoms with Crippen LogP contribution in [0.3, 0.4) is 0 Å². The minimum Gasteiger partial charge on any atom is -0.495 e. The van der Waals surface area contributed by atoms with Gasteiger partial charge in [0.15, 0.2) is 17.3 Å². The van der Waals surface area contributed by atoms with Gasteiger partial charge in [0.25, 0.3) is 5.91 Å². The van der Waals surface area contributed by atoms with Crippen LogP contribution in [-0.4, -0.2) is 33.0 Å². The standard InChI is InChI=1S/C34H36N2O5/c1-6-21-11-13-22(14-12-21)32-31(34(38)36-25-9-7-8-10-28(25)39-3)20(2)35-26-17-24(18-27(37)33(26)32)23-15-16-29(40-4)30(19-23)41-5/h7-16,19,24,32,35H,6,17-18H2,1-5H3,(H,36,38). The van der Waals surface area contributed by atoms with Crippen molar-refractivity contribution in [1.29, 1.82) is 0 Å². The van der Waals surface area contributed by atoms with E-state index in [1.54, 1.807) is 33.5 Å². The van der Waals surface area contributed by atoms with E-state index >= 15 is 0 Å². The molecule has 7 nitrogen and oxygen atoms in total. The summed E-state index contributed by atoms with van der Waals surface area (Å²) in [6.07, 6.45) is 1.88. The lowest BCUT2D eigenvalue weighted by atomic mass is 9.71. The maximum atomic E-state index is 14.0. The first-order valence-electron chi connectivity index (χ1n) is 13.9. The van der Waals surface area contributed by atoms with Crippen LogP contribution in [0.4, 0.5) is 5.69 Å². The summed E-state index contributed by atoms with van der Waals surface area (Å²) in [7, 11) is 4.79. The predicted octanol–water partition coefficient (Wildman–Crippen LogP) is 6.28. The third-order valence-electron chi connectivity index (χ3n) is 8.03. The van der Waals surface area contributed by atoms with Crippen LogP contribution in [0.15, 0.2) is 89.3 Å². The van der Waals surface area contributed by atoms with Gasteiger partial charge in [-0.3, -0.25) is 9.59 Å². The molecule has 0 saturated carbocycles. The normalized spacial score (nSPS) is 18.4. The van der Waals surface area contributed by atoms with Crippen molar-refractivity contribution in [2.24, 2.45) is 0 Å². The fraction of sp³-hybridized carbons (Fsp3) is 0.294. The van der Waals surface area contributed by atoms with Crippen molar-refractivity contribution in [1.82, 2.24) is 5.32 Å². The molecular formula is C34H36N2O5. The van der Waals surface area contributed by atoms with Gasteiger partial charge in [-0.15, -0.1) is 0 Å². The number of benzene rings is 3. The first kappa shape index (κ1) is 28.0. The Bertz CT molecular complexity index is 1540. The summed E-state index contributed by atoms with van der Waals surface area (Å²) in [5.74, 6) is 1.07. The highest BCUT2D eigenvalue weighted by Crippen LogP contribution is 2.46. The van der Waals surface area contributed by atoms with Gasteiger partial charge >= 0.3 is 0 Å². The number of anilines is 1. The second kappa shape index (κ2) is 11.9. The van der Waals surface area contributed by atoms with E-state index in [0.29, 0.717) is 46.9 Å². The lowest BCUT2D eigenvalue weighted by Gasteiger charge is -2.37. The van der Waals surface area contributed by atoms with Gasteiger partial charge in [0.05, 0.1) is 27.0 Å². The number of aryl methyl sites for hydroxylation is 1. The lowest BCUT2D eigenvalue weighted by Crippen LogP contribution is -2.37. The number of carbonyl (C=O) groups is 2. The number of rotatable bonds is 8. The molecule has 5 rings (SSSR count). The van der Waals surface area contributed by atoms with Gasteiger partial charge in [0, 0.05) is 34.9 Å². The number of hydrogen-bond acceptors (Lipinski definition) is 6. The van der Waals surface area contributed by atoms with Crippen molar-refractivity contribution in [3.8, 4) is 17.2 Å². The number of methoxy groups -OCH3 is 3. The second-order valence-corrected chi connectivity index (χ2v) is 10.4. The first-order chi connectivity index (χ1) is 19.9. The maximum Gasteiger partial charge on any atom is 0.254 e.